The van der Waals surface area contributed by atoms with Crippen molar-refractivity contribution < 1.29 is 9.59 Å². The number of thiocarbonyl (C=S) groups is 2. The van der Waals surface area contributed by atoms with Crippen molar-refractivity contribution in [3.63, 3.8) is 0 Å². The number of halogens is 1. The summed E-state index contributed by atoms with van der Waals surface area (Å²) in [5.41, 5.74) is 1.37. The van der Waals surface area contributed by atoms with E-state index in [2.05, 4.69) is 21.3 Å². The fourth-order valence-corrected chi connectivity index (χ4v) is 4.33. The number of amides is 2. The van der Waals surface area contributed by atoms with Crippen molar-refractivity contribution in [2.24, 2.45) is 0 Å². The van der Waals surface area contributed by atoms with Crippen LogP contribution in [0.2, 0.25) is 5.02 Å². The Morgan fingerprint density at radius 3 is 2.00 bits per heavy atom. The summed E-state index contributed by atoms with van der Waals surface area (Å²) in [7, 11) is 0. The Kier molecular flexibility index (Phi) is 6.75. The van der Waals surface area contributed by atoms with Crippen molar-refractivity contribution in [3.8, 4) is 0 Å². The van der Waals surface area contributed by atoms with Gasteiger partial charge in [0.2, 0.25) is 5.91 Å². The van der Waals surface area contributed by atoms with Crippen LogP contribution in [0, 0.1) is 0 Å². The van der Waals surface area contributed by atoms with Crippen molar-refractivity contribution in [2.75, 3.05) is 10.6 Å². The molecule has 0 spiro atoms. The maximum atomic E-state index is 12.5. The molecule has 6 nitrogen and oxygen atoms in total. The van der Waals surface area contributed by atoms with Crippen molar-refractivity contribution in [2.45, 2.75) is 6.92 Å². The Labute approximate surface area is 186 Å². The van der Waals surface area contributed by atoms with Crippen LogP contribution in [0.4, 0.5) is 11.4 Å². The lowest BCUT2D eigenvalue weighted by Gasteiger charge is -2.11. The Hall–Kier alpha value is -2.59. The minimum Gasteiger partial charge on any atom is -0.332 e. The molecular weight excluding hydrogens is 448 g/mol. The predicted molar refractivity (Wildman–Crippen MR) is 127 cm³/mol. The number of thiophene rings is 1. The summed E-state index contributed by atoms with van der Waals surface area (Å²) in [5, 5.41) is 12.5. The van der Waals surface area contributed by atoms with Gasteiger partial charge in [-0.25, -0.2) is 0 Å². The van der Waals surface area contributed by atoms with Gasteiger partial charge in [0.25, 0.3) is 5.91 Å². The average Bonchev–Trinajstić information content (AvgIpc) is 3.00. The summed E-state index contributed by atoms with van der Waals surface area (Å²) in [6, 6.07) is 14.6. The highest BCUT2D eigenvalue weighted by Gasteiger charge is 2.17. The van der Waals surface area contributed by atoms with Gasteiger partial charge in [-0.05, 0) is 54.8 Å². The van der Waals surface area contributed by atoms with Gasteiger partial charge in [0.1, 0.15) is 4.88 Å². The third-order valence-corrected chi connectivity index (χ3v) is 5.74. The van der Waals surface area contributed by atoms with E-state index in [1.165, 1.54) is 18.3 Å². The van der Waals surface area contributed by atoms with Crippen LogP contribution in [-0.2, 0) is 4.79 Å². The molecule has 148 valence electrons. The van der Waals surface area contributed by atoms with E-state index in [9.17, 15) is 9.59 Å². The molecule has 0 aliphatic rings. The van der Waals surface area contributed by atoms with Crippen LogP contribution in [0.25, 0.3) is 10.1 Å². The van der Waals surface area contributed by atoms with Crippen LogP contribution in [0.15, 0.2) is 48.5 Å². The molecule has 29 heavy (non-hydrogen) atoms. The molecule has 0 aliphatic carbocycles. The highest BCUT2D eigenvalue weighted by Crippen LogP contribution is 2.34. The van der Waals surface area contributed by atoms with Crippen molar-refractivity contribution in [1.82, 2.24) is 10.6 Å². The summed E-state index contributed by atoms with van der Waals surface area (Å²) in [6.45, 7) is 1.38. The Morgan fingerprint density at radius 2 is 1.45 bits per heavy atom. The normalized spacial score (nSPS) is 10.3. The molecule has 3 rings (SSSR count). The first kappa shape index (κ1) is 21.1. The first-order valence-electron chi connectivity index (χ1n) is 8.31. The van der Waals surface area contributed by atoms with E-state index in [1.54, 1.807) is 24.3 Å². The zero-order chi connectivity index (χ0) is 21.0. The number of benzene rings is 2. The third-order valence-electron chi connectivity index (χ3n) is 3.66. The third kappa shape index (κ3) is 5.48. The Bertz CT molecular complexity index is 1110. The monoisotopic (exact) mass is 462 g/mol. The molecule has 2 amide bonds. The van der Waals surface area contributed by atoms with E-state index in [-0.39, 0.29) is 22.0 Å². The Morgan fingerprint density at radius 1 is 0.897 bits per heavy atom. The highest BCUT2D eigenvalue weighted by atomic mass is 35.5. The molecule has 0 atom stereocenters. The van der Waals surface area contributed by atoms with E-state index in [0.717, 1.165) is 10.1 Å². The van der Waals surface area contributed by atoms with Crippen molar-refractivity contribution in [3.05, 3.63) is 58.4 Å². The maximum Gasteiger partial charge on any atom is 0.269 e. The number of hydrogen-bond donors (Lipinski definition) is 4. The molecule has 0 radical (unpaired) electrons. The van der Waals surface area contributed by atoms with Crippen LogP contribution in [0.5, 0.6) is 0 Å². The Balaban J connectivity index is 1.60. The summed E-state index contributed by atoms with van der Waals surface area (Å²) < 4.78 is 0.932. The summed E-state index contributed by atoms with van der Waals surface area (Å²) in [4.78, 5) is 23.9. The molecule has 0 aliphatic heterocycles. The van der Waals surface area contributed by atoms with E-state index in [4.69, 9.17) is 36.0 Å². The minimum absolute atomic E-state index is 0.151. The van der Waals surface area contributed by atoms with Crippen LogP contribution in [0.1, 0.15) is 16.6 Å². The molecule has 0 saturated carbocycles. The fourth-order valence-electron chi connectivity index (χ4n) is 2.44. The number of rotatable bonds is 3. The van der Waals surface area contributed by atoms with E-state index in [1.807, 2.05) is 24.3 Å². The van der Waals surface area contributed by atoms with E-state index < -0.39 is 0 Å². The van der Waals surface area contributed by atoms with Crippen molar-refractivity contribution >= 4 is 90.9 Å². The predicted octanol–water partition coefficient (Wildman–Crippen LogP) is 4.51. The average molecular weight is 463 g/mol. The maximum absolute atomic E-state index is 12.5. The number of hydrogen-bond acceptors (Lipinski definition) is 5. The first-order valence-corrected chi connectivity index (χ1v) is 10.3. The summed E-state index contributed by atoms with van der Waals surface area (Å²) in [5.74, 6) is -0.617. The number of fused-ring (bicyclic) bond motifs is 1. The smallest absolute Gasteiger partial charge is 0.269 e. The lowest BCUT2D eigenvalue weighted by Crippen LogP contribution is -2.33. The molecule has 0 unspecified atom stereocenters. The second-order valence-electron chi connectivity index (χ2n) is 5.86. The standard InChI is InChI=1S/C19H15ClN4O2S3/c1-10(25)21-18(27)22-11-6-8-12(9-7-11)23-19(28)24-17(26)16-15(20)13-4-2-3-5-14(13)29-16/h2-9H,1H3,(H2,21,22,25,27)(H2,23,24,26,28). The van der Waals surface area contributed by atoms with E-state index in [0.29, 0.717) is 21.3 Å². The van der Waals surface area contributed by atoms with Gasteiger partial charge >= 0.3 is 0 Å². The van der Waals surface area contributed by atoms with Gasteiger partial charge in [-0.15, -0.1) is 11.3 Å². The molecule has 0 bridgehead atoms. The lowest BCUT2D eigenvalue weighted by molar-refractivity contribution is -0.117. The summed E-state index contributed by atoms with van der Waals surface area (Å²) in [6.07, 6.45) is 0. The number of anilines is 2. The molecule has 0 saturated heterocycles. The number of nitrogens with one attached hydrogen (secondary N) is 4. The van der Waals surface area contributed by atoms with Gasteiger partial charge in [-0.3, -0.25) is 14.9 Å². The number of carbonyl (C=O) groups excluding carboxylic acids is 2. The number of carbonyl (C=O) groups is 2. The molecule has 4 N–H and O–H groups in total. The second kappa shape index (κ2) is 9.27. The quantitative estimate of drug-likeness (QED) is 0.428. The topological polar surface area (TPSA) is 82.3 Å². The minimum atomic E-state index is -0.368. The zero-order valence-corrected chi connectivity index (χ0v) is 18.2. The largest absolute Gasteiger partial charge is 0.332 e. The van der Waals surface area contributed by atoms with Gasteiger partial charge in [0.05, 0.1) is 5.02 Å². The fraction of sp³-hybridized carbons (Fsp3) is 0.0526. The van der Waals surface area contributed by atoms with Crippen LogP contribution >= 0.6 is 47.4 Å². The molecule has 1 heterocycles. The molecule has 2 aromatic carbocycles. The van der Waals surface area contributed by atoms with Gasteiger partial charge in [0.15, 0.2) is 10.2 Å². The van der Waals surface area contributed by atoms with Gasteiger partial charge in [-0.1, -0.05) is 29.8 Å². The molecular formula is C19H15ClN4O2S3. The lowest BCUT2D eigenvalue weighted by atomic mass is 10.2. The zero-order valence-electron chi connectivity index (χ0n) is 15.0. The molecule has 3 aromatic rings. The van der Waals surface area contributed by atoms with Crippen LogP contribution in [-0.4, -0.2) is 22.0 Å². The molecule has 10 heteroatoms. The first-order chi connectivity index (χ1) is 13.8. The van der Waals surface area contributed by atoms with Gasteiger partial charge < -0.3 is 16.0 Å². The van der Waals surface area contributed by atoms with Crippen molar-refractivity contribution in [1.29, 1.82) is 0 Å². The van der Waals surface area contributed by atoms with Crippen LogP contribution < -0.4 is 21.3 Å². The SMILES string of the molecule is CC(=O)NC(=S)Nc1ccc(NC(=S)NC(=O)c2sc3ccccc3c2Cl)cc1. The van der Waals surface area contributed by atoms with Gasteiger partial charge in [-0.2, -0.15) is 0 Å². The van der Waals surface area contributed by atoms with Crippen LogP contribution in [0.3, 0.4) is 0 Å². The second-order valence-corrected chi connectivity index (χ2v) is 8.11. The summed E-state index contributed by atoms with van der Waals surface area (Å²) >= 11 is 17.9. The van der Waals surface area contributed by atoms with Gasteiger partial charge in [0, 0.05) is 28.4 Å². The highest BCUT2D eigenvalue weighted by molar-refractivity contribution is 7.80. The molecule has 0 fully saturated rings. The molecule has 1 aromatic heterocycles. The van der Waals surface area contributed by atoms with E-state index >= 15 is 0 Å².